The van der Waals surface area contributed by atoms with Crippen LogP contribution in [0.25, 0.3) is 22.4 Å². The van der Waals surface area contributed by atoms with Crippen molar-refractivity contribution in [2.45, 2.75) is 38.6 Å². The van der Waals surface area contributed by atoms with E-state index in [0.29, 0.717) is 35.5 Å². The summed E-state index contributed by atoms with van der Waals surface area (Å²) in [7, 11) is 1.54. The average molecular weight is 410 g/mol. The quantitative estimate of drug-likeness (QED) is 0.629. The van der Waals surface area contributed by atoms with Gasteiger partial charge in [0.15, 0.2) is 0 Å². The molecule has 3 aromatic rings. The van der Waals surface area contributed by atoms with Crippen LogP contribution in [-0.2, 0) is 15.6 Å². The second-order valence-corrected chi connectivity index (χ2v) is 8.71. The number of halogens is 1. The molecule has 0 amide bonds. The number of benzene rings is 1. The molecule has 0 fully saturated rings. The molecule has 0 atom stereocenters. The number of hydrogen-bond acceptors (Lipinski definition) is 5. The van der Waals surface area contributed by atoms with Gasteiger partial charge in [-0.05, 0) is 44.0 Å². The topological polar surface area (TPSA) is 94.1 Å². The number of aromatic amines is 1. The van der Waals surface area contributed by atoms with Gasteiger partial charge in [-0.25, -0.2) is 13.4 Å². The predicted molar refractivity (Wildman–Crippen MR) is 105 cm³/mol. The standard InChI is InChI=1S/C18H20ClN3O4S/c1-4-8-22-10-11(3)15-17(22)20-16(21-18(15)23)13-9-12(27(19,24)25)6-7-14(13)26-5-2/h6-7,9-10H,4-5,8H2,1-3H3,(H,20,21,23). The molecule has 0 radical (unpaired) electrons. The summed E-state index contributed by atoms with van der Waals surface area (Å²) >= 11 is 0. The van der Waals surface area contributed by atoms with Gasteiger partial charge in [-0.2, -0.15) is 0 Å². The van der Waals surface area contributed by atoms with Gasteiger partial charge in [0.1, 0.15) is 17.2 Å². The number of H-pyrrole nitrogens is 1. The van der Waals surface area contributed by atoms with Crippen molar-refractivity contribution in [3.63, 3.8) is 0 Å². The highest BCUT2D eigenvalue weighted by Gasteiger charge is 2.19. The number of hydrogen-bond donors (Lipinski definition) is 1. The van der Waals surface area contributed by atoms with E-state index in [2.05, 4.69) is 9.97 Å². The predicted octanol–water partition coefficient (Wildman–Crippen LogP) is 3.44. The van der Waals surface area contributed by atoms with E-state index in [0.717, 1.165) is 12.0 Å². The summed E-state index contributed by atoms with van der Waals surface area (Å²) in [5.74, 6) is 0.642. The fraction of sp³-hybridized carbons (Fsp3) is 0.333. The Morgan fingerprint density at radius 3 is 2.67 bits per heavy atom. The maximum Gasteiger partial charge on any atom is 0.261 e. The monoisotopic (exact) mass is 409 g/mol. The first-order valence-electron chi connectivity index (χ1n) is 8.57. The van der Waals surface area contributed by atoms with Crippen molar-refractivity contribution in [1.82, 2.24) is 14.5 Å². The SMILES string of the molecule is CCCn1cc(C)c2c(=O)[nH]c(-c3cc(S(=O)(=O)Cl)ccc3OCC)nc21. The normalized spacial score (nSPS) is 11.9. The van der Waals surface area contributed by atoms with E-state index in [1.807, 2.05) is 31.5 Å². The number of ether oxygens (including phenoxy) is 1. The summed E-state index contributed by atoms with van der Waals surface area (Å²) in [6.45, 7) is 6.80. The van der Waals surface area contributed by atoms with Crippen molar-refractivity contribution < 1.29 is 13.2 Å². The molecule has 1 aromatic carbocycles. The Morgan fingerprint density at radius 1 is 1.30 bits per heavy atom. The Morgan fingerprint density at radius 2 is 2.04 bits per heavy atom. The largest absolute Gasteiger partial charge is 0.493 e. The molecule has 7 nitrogen and oxygen atoms in total. The molecule has 0 saturated heterocycles. The van der Waals surface area contributed by atoms with Crippen molar-refractivity contribution in [1.29, 1.82) is 0 Å². The smallest absolute Gasteiger partial charge is 0.261 e. The molecular weight excluding hydrogens is 390 g/mol. The highest BCUT2D eigenvalue weighted by atomic mass is 35.7. The highest BCUT2D eigenvalue weighted by Crippen LogP contribution is 2.32. The minimum absolute atomic E-state index is 0.0921. The van der Waals surface area contributed by atoms with Gasteiger partial charge in [0.25, 0.3) is 14.6 Å². The molecular formula is C18H20ClN3O4S. The average Bonchev–Trinajstić information content (AvgIpc) is 2.91. The van der Waals surface area contributed by atoms with Gasteiger partial charge in [-0.3, -0.25) is 4.79 Å². The first kappa shape index (κ1) is 19.4. The van der Waals surface area contributed by atoms with Crippen LogP contribution >= 0.6 is 10.7 Å². The Hall–Kier alpha value is -2.32. The summed E-state index contributed by atoms with van der Waals surface area (Å²) in [6, 6.07) is 4.23. The Bertz CT molecular complexity index is 1170. The van der Waals surface area contributed by atoms with E-state index in [1.165, 1.54) is 18.2 Å². The van der Waals surface area contributed by atoms with Crippen molar-refractivity contribution in [3.05, 3.63) is 40.3 Å². The van der Waals surface area contributed by atoms with Gasteiger partial charge in [0.05, 0.1) is 22.5 Å². The third-order valence-electron chi connectivity index (χ3n) is 4.17. The summed E-state index contributed by atoms with van der Waals surface area (Å²) < 4.78 is 31.0. The van der Waals surface area contributed by atoms with E-state index >= 15 is 0 Å². The lowest BCUT2D eigenvalue weighted by Crippen LogP contribution is -2.11. The molecule has 144 valence electrons. The molecule has 2 aromatic heterocycles. The lowest BCUT2D eigenvalue weighted by atomic mass is 10.1. The van der Waals surface area contributed by atoms with Crippen molar-refractivity contribution in [2.24, 2.45) is 0 Å². The van der Waals surface area contributed by atoms with Gasteiger partial charge >= 0.3 is 0 Å². The zero-order valence-corrected chi connectivity index (χ0v) is 16.8. The lowest BCUT2D eigenvalue weighted by molar-refractivity contribution is 0.341. The fourth-order valence-electron chi connectivity index (χ4n) is 3.05. The van der Waals surface area contributed by atoms with Crippen LogP contribution in [0.4, 0.5) is 0 Å². The first-order chi connectivity index (χ1) is 12.8. The van der Waals surface area contributed by atoms with Crippen LogP contribution in [0.1, 0.15) is 25.8 Å². The lowest BCUT2D eigenvalue weighted by Gasteiger charge is -2.11. The number of aryl methyl sites for hydroxylation is 2. The van der Waals surface area contributed by atoms with Crippen molar-refractivity contribution in [2.75, 3.05) is 6.61 Å². The molecule has 0 unspecified atom stereocenters. The van der Waals surface area contributed by atoms with Gasteiger partial charge in [0.2, 0.25) is 0 Å². The third-order valence-corrected chi connectivity index (χ3v) is 5.52. The first-order valence-corrected chi connectivity index (χ1v) is 10.9. The minimum Gasteiger partial charge on any atom is -0.493 e. The molecule has 0 saturated carbocycles. The van der Waals surface area contributed by atoms with Gasteiger partial charge in [-0.1, -0.05) is 6.92 Å². The Labute approximate surface area is 161 Å². The second kappa shape index (κ2) is 7.36. The fourth-order valence-corrected chi connectivity index (χ4v) is 3.83. The number of nitrogens with one attached hydrogen (secondary N) is 1. The van der Waals surface area contributed by atoms with Crippen LogP contribution in [0.3, 0.4) is 0 Å². The number of rotatable bonds is 6. The molecule has 1 N–H and O–H groups in total. The molecule has 9 heteroatoms. The third kappa shape index (κ3) is 3.72. The second-order valence-electron chi connectivity index (χ2n) is 6.15. The molecule has 0 bridgehead atoms. The van der Waals surface area contributed by atoms with Crippen molar-refractivity contribution >= 4 is 30.8 Å². The van der Waals surface area contributed by atoms with Crippen LogP contribution in [0.5, 0.6) is 5.75 Å². The Kier molecular flexibility index (Phi) is 5.30. The zero-order valence-electron chi connectivity index (χ0n) is 15.2. The zero-order chi connectivity index (χ0) is 19.8. The highest BCUT2D eigenvalue weighted by molar-refractivity contribution is 8.13. The molecule has 2 heterocycles. The molecule has 27 heavy (non-hydrogen) atoms. The van der Waals surface area contributed by atoms with E-state index in [4.69, 9.17) is 15.4 Å². The summed E-state index contributed by atoms with van der Waals surface area (Å²) in [4.78, 5) is 19.9. The van der Waals surface area contributed by atoms with Gasteiger partial charge in [-0.15, -0.1) is 0 Å². The molecule has 0 spiro atoms. The minimum atomic E-state index is -3.94. The van der Waals surface area contributed by atoms with E-state index < -0.39 is 9.05 Å². The van der Waals surface area contributed by atoms with Crippen LogP contribution in [0.2, 0.25) is 0 Å². The summed E-state index contributed by atoms with van der Waals surface area (Å²) in [5.41, 5.74) is 1.46. The van der Waals surface area contributed by atoms with E-state index in [9.17, 15) is 13.2 Å². The molecule has 0 aliphatic heterocycles. The van der Waals surface area contributed by atoms with Crippen LogP contribution in [-0.4, -0.2) is 29.6 Å². The van der Waals surface area contributed by atoms with Gasteiger partial charge < -0.3 is 14.3 Å². The number of fused-ring (bicyclic) bond motifs is 1. The van der Waals surface area contributed by atoms with Crippen LogP contribution < -0.4 is 10.3 Å². The Balaban J connectivity index is 2.31. The van der Waals surface area contributed by atoms with Crippen molar-refractivity contribution in [3.8, 4) is 17.1 Å². The molecule has 0 aliphatic carbocycles. The van der Waals surface area contributed by atoms with Crippen LogP contribution in [0.15, 0.2) is 34.1 Å². The van der Waals surface area contributed by atoms with Crippen LogP contribution in [0, 0.1) is 6.92 Å². The maximum atomic E-state index is 12.7. The maximum absolute atomic E-state index is 12.7. The summed E-state index contributed by atoms with van der Waals surface area (Å²) in [5, 5.41) is 0.520. The molecule has 3 rings (SSSR count). The number of aromatic nitrogens is 3. The van der Waals surface area contributed by atoms with E-state index in [1.54, 1.807) is 0 Å². The van der Waals surface area contributed by atoms with E-state index in [-0.39, 0.29) is 16.3 Å². The molecule has 0 aliphatic rings. The van der Waals surface area contributed by atoms with Gasteiger partial charge in [0, 0.05) is 23.4 Å². The summed E-state index contributed by atoms with van der Waals surface area (Å²) in [6.07, 6.45) is 2.78. The number of nitrogens with zero attached hydrogens (tertiary/aromatic N) is 2.